The topological polar surface area (TPSA) is 29.1 Å². The van der Waals surface area contributed by atoms with Crippen LogP contribution in [-0.2, 0) is 6.42 Å². The molecule has 0 spiro atoms. The molecule has 2 nitrogen and oxygen atoms in total. The van der Waals surface area contributed by atoms with Crippen LogP contribution in [-0.4, -0.2) is 12.5 Å². The second-order valence-corrected chi connectivity index (χ2v) is 5.84. The van der Waals surface area contributed by atoms with Crippen molar-refractivity contribution >= 4 is 17.5 Å². The van der Waals surface area contributed by atoms with Crippen LogP contribution < -0.4 is 5.32 Å². The maximum Gasteiger partial charge on any atom is 0.251 e. The van der Waals surface area contributed by atoms with Crippen molar-refractivity contribution in [1.29, 1.82) is 0 Å². The van der Waals surface area contributed by atoms with E-state index in [2.05, 4.69) is 5.32 Å². The van der Waals surface area contributed by atoms with E-state index in [9.17, 15) is 4.79 Å². The van der Waals surface area contributed by atoms with Gasteiger partial charge in [-0.2, -0.15) is 0 Å². The molecule has 2 aromatic rings. The minimum atomic E-state index is -0.000960. The Bertz CT molecular complexity index is 624. The van der Waals surface area contributed by atoms with Crippen LogP contribution >= 0.6 is 11.6 Å². The summed E-state index contributed by atoms with van der Waals surface area (Å²) in [5.74, 6) is -0.000960. The van der Waals surface area contributed by atoms with Gasteiger partial charge in [-0.1, -0.05) is 41.4 Å². The first-order valence-electron chi connectivity index (χ1n) is 7.08. The molecule has 0 fully saturated rings. The minimum Gasteiger partial charge on any atom is -0.352 e. The Morgan fingerprint density at radius 1 is 1.05 bits per heavy atom. The summed E-state index contributed by atoms with van der Waals surface area (Å²) in [4.78, 5) is 12.3. The summed E-state index contributed by atoms with van der Waals surface area (Å²) in [7, 11) is 0. The molecule has 21 heavy (non-hydrogen) atoms. The van der Waals surface area contributed by atoms with Gasteiger partial charge in [0, 0.05) is 17.1 Å². The fourth-order valence-electron chi connectivity index (χ4n) is 2.60. The number of halogens is 1. The zero-order valence-corrected chi connectivity index (χ0v) is 13.4. The molecule has 3 heteroatoms. The Labute approximate surface area is 131 Å². The van der Waals surface area contributed by atoms with Gasteiger partial charge in [-0.25, -0.2) is 0 Å². The quantitative estimate of drug-likeness (QED) is 0.899. The van der Waals surface area contributed by atoms with E-state index >= 15 is 0 Å². The number of rotatable bonds is 4. The van der Waals surface area contributed by atoms with E-state index in [1.54, 1.807) is 0 Å². The van der Waals surface area contributed by atoms with Gasteiger partial charge in [-0.15, -0.1) is 0 Å². The lowest BCUT2D eigenvalue weighted by molar-refractivity contribution is 0.0953. The predicted octanol–water partition coefficient (Wildman–Crippen LogP) is 4.24. The zero-order valence-electron chi connectivity index (χ0n) is 12.7. The summed E-state index contributed by atoms with van der Waals surface area (Å²) in [6, 6.07) is 11.8. The summed E-state index contributed by atoms with van der Waals surface area (Å²) >= 11 is 5.85. The van der Waals surface area contributed by atoms with Crippen molar-refractivity contribution < 1.29 is 4.79 Å². The molecule has 0 atom stereocenters. The van der Waals surface area contributed by atoms with Crippen molar-refractivity contribution in [1.82, 2.24) is 5.32 Å². The predicted molar refractivity (Wildman–Crippen MR) is 88.1 cm³/mol. The summed E-state index contributed by atoms with van der Waals surface area (Å²) in [6.45, 7) is 6.62. The summed E-state index contributed by atoms with van der Waals surface area (Å²) < 4.78 is 0. The molecular weight excluding hydrogens is 282 g/mol. The van der Waals surface area contributed by atoms with Crippen LogP contribution in [0.1, 0.15) is 32.6 Å². The molecule has 0 aromatic heterocycles. The van der Waals surface area contributed by atoms with Crippen molar-refractivity contribution in [2.75, 3.05) is 6.54 Å². The van der Waals surface area contributed by atoms with Crippen molar-refractivity contribution in [2.45, 2.75) is 27.2 Å². The van der Waals surface area contributed by atoms with E-state index in [-0.39, 0.29) is 5.91 Å². The lowest BCUT2D eigenvalue weighted by atomic mass is 9.99. The van der Waals surface area contributed by atoms with Crippen molar-refractivity contribution in [2.24, 2.45) is 0 Å². The van der Waals surface area contributed by atoms with Crippen molar-refractivity contribution in [3.05, 3.63) is 69.2 Å². The summed E-state index contributed by atoms with van der Waals surface area (Å²) in [6.07, 6.45) is 0.798. The third-order valence-electron chi connectivity index (χ3n) is 3.52. The highest BCUT2D eigenvalue weighted by Crippen LogP contribution is 2.16. The van der Waals surface area contributed by atoms with E-state index in [1.165, 1.54) is 5.56 Å². The van der Waals surface area contributed by atoms with Gasteiger partial charge in [0.15, 0.2) is 0 Å². The molecule has 0 bridgehead atoms. The minimum absolute atomic E-state index is 0.000960. The molecule has 2 rings (SSSR count). The highest BCUT2D eigenvalue weighted by molar-refractivity contribution is 6.30. The van der Waals surface area contributed by atoms with Gasteiger partial charge in [0.25, 0.3) is 5.91 Å². The molecule has 0 saturated carbocycles. The third-order valence-corrected chi connectivity index (χ3v) is 3.77. The SMILES string of the molecule is Cc1cc(C)c(C(=O)NCCc2ccc(Cl)cc2)c(C)c1. The van der Waals surface area contributed by atoms with Gasteiger partial charge in [-0.05, 0) is 56.0 Å². The summed E-state index contributed by atoms with van der Waals surface area (Å²) in [5, 5.41) is 3.72. The lowest BCUT2D eigenvalue weighted by Crippen LogP contribution is -2.27. The van der Waals surface area contributed by atoms with Crippen LogP contribution in [0, 0.1) is 20.8 Å². The molecule has 0 radical (unpaired) electrons. The van der Waals surface area contributed by atoms with E-state index in [0.717, 1.165) is 33.7 Å². The summed E-state index contributed by atoms with van der Waals surface area (Å²) in [5.41, 5.74) is 5.18. The van der Waals surface area contributed by atoms with E-state index in [4.69, 9.17) is 11.6 Å². The third kappa shape index (κ3) is 4.08. The van der Waals surface area contributed by atoms with Gasteiger partial charge in [0.2, 0.25) is 0 Å². The number of benzene rings is 2. The molecule has 0 aliphatic rings. The van der Waals surface area contributed by atoms with Gasteiger partial charge >= 0.3 is 0 Å². The van der Waals surface area contributed by atoms with E-state index in [0.29, 0.717) is 6.54 Å². The Kier molecular flexibility index (Phi) is 5.03. The largest absolute Gasteiger partial charge is 0.352 e. The highest BCUT2D eigenvalue weighted by atomic mass is 35.5. The Morgan fingerprint density at radius 3 is 2.19 bits per heavy atom. The first-order chi connectivity index (χ1) is 9.97. The molecular formula is C18H20ClNO. The highest BCUT2D eigenvalue weighted by Gasteiger charge is 2.12. The van der Waals surface area contributed by atoms with E-state index < -0.39 is 0 Å². The number of aryl methyl sites for hydroxylation is 3. The normalized spacial score (nSPS) is 10.5. The number of amides is 1. The van der Waals surface area contributed by atoms with Crippen molar-refractivity contribution in [3.63, 3.8) is 0 Å². The number of hydrogen-bond donors (Lipinski definition) is 1. The molecule has 0 heterocycles. The van der Waals surface area contributed by atoms with Gasteiger partial charge in [0.05, 0.1) is 0 Å². The molecule has 0 aliphatic heterocycles. The Balaban J connectivity index is 1.98. The van der Waals surface area contributed by atoms with Crippen LogP contribution in [0.15, 0.2) is 36.4 Å². The first-order valence-corrected chi connectivity index (χ1v) is 7.45. The number of carbonyl (C=O) groups excluding carboxylic acids is 1. The molecule has 0 saturated heterocycles. The second kappa shape index (κ2) is 6.77. The van der Waals surface area contributed by atoms with Gasteiger partial charge < -0.3 is 5.32 Å². The number of nitrogens with one attached hydrogen (secondary N) is 1. The molecule has 0 aliphatic carbocycles. The average Bonchev–Trinajstić information content (AvgIpc) is 2.40. The molecule has 2 aromatic carbocycles. The fourth-order valence-corrected chi connectivity index (χ4v) is 2.72. The van der Waals surface area contributed by atoms with Crippen LogP contribution in [0.5, 0.6) is 0 Å². The monoisotopic (exact) mass is 301 g/mol. The van der Waals surface area contributed by atoms with E-state index in [1.807, 2.05) is 57.2 Å². The molecule has 0 unspecified atom stereocenters. The average molecular weight is 302 g/mol. The van der Waals surface area contributed by atoms with Crippen LogP contribution in [0.25, 0.3) is 0 Å². The maximum atomic E-state index is 12.3. The molecule has 110 valence electrons. The second-order valence-electron chi connectivity index (χ2n) is 5.41. The van der Waals surface area contributed by atoms with Crippen LogP contribution in [0.2, 0.25) is 5.02 Å². The zero-order chi connectivity index (χ0) is 15.4. The van der Waals surface area contributed by atoms with Gasteiger partial charge in [-0.3, -0.25) is 4.79 Å². The Hall–Kier alpha value is -1.80. The maximum absolute atomic E-state index is 12.3. The molecule has 1 amide bonds. The standard InChI is InChI=1S/C18H20ClNO/c1-12-10-13(2)17(14(3)11-12)18(21)20-9-8-15-4-6-16(19)7-5-15/h4-7,10-11H,8-9H2,1-3H3,(H,20,21). The smallest absolute Gasteiger partial charge is 0.251 e. The number of carbonyl (C=O) groups is 1. The van der Waals surface area contributed by atoms with Crippen molar-refractivity contribution in [3.8, 4) is 0 Å². The lowest BCUT2D eigenvalue weighted by Gasteiger charge is -2.11. The first kappa shape index (κ1) is 15.6. The van der Waals surface area contributed by atoms with Crippen LogP contribution in [0.4, 0.5) is 0 Å². The molecule has 1 N–H and O–H groups in total. The van der Waals surface area contributed by atoms with Crippen LogP contribution in [0.3, 0.4) is 0 Å². The van der Waals surface area contributed by atoms with Gasteiger partial charge in [0.1, 0.15) is 0 Å². The fraction of sp³-hybridized carbons (Fsp3) is 0.278. The Morgan fingerprint density at radius 2 is 1.62 bits per heavy atom. The number of hydrogen-bond acceptors (Lipinski definition) is 1.